The first-order chi connectivity index (χ1) is 13.3. The van der Waals surface area contributed by atoms with Crippen molar-refractivity contribution >= 4 is 33.2 Å². The lowest BCUT2D eigenvalue weighted by Crippen LogP contribution is -2.13. The minimum atomic E-state index is -0.350. The summed E-state index contributed by atoms with van der Waals surface area (Å²) in [4.78, 5) is 10.6. The number of hydrogen-bond acceptors (Lipinski definition) is 4. The molecule has 1 heterocycles. The lowest BCUT2D eigenvalue weighted by atomic mass is 9.97. The van der Waals surface area contributed by atoms with Crippen LogP contribution in [0, 0.1) is 6.92 Å². The fourth-order valence-corrected chi connectivity index (χ4v) is 4.08. The largest absolute Gasteiger partial charge is 0.508 e. The van der Waals surface area contributed by atoms with E-state index in [1.54, 1.807) is 6.07 Å². The van der Waals surface area contributed by atoms with Gasteiger partial charge in [-0.05, 0) is 73.1 Å². The van der Waals surface area contributed by atoms with Crippen molar-refractivity contribution in [2.24, 2.45) is 5.73 Å². The van der Waals surface area contributed by atoms with Gasteiger partial charge in [-0.2, -0.15) is 0 Å². The van der Waals surface area contributed by atoms with Gasteiger partial charge in [0.15, 0.2) is 0 Å². The molecule has 0 fully saturated rings. The summed E-state index contributed by atoms with van der Waals surface area (Å²) in [5.41, 5.74) is 17.3. The molecule has 0 radical (unpaired) electrons. The maximum absolute atomic E-state index is 10.6. The Balaban J connectivity index is 0.000000200. The van der Waals surface area contributed by atoms with E-state index in [1.165, 1.54) is 53.0 Å². The normalized spacial score (nSPS) is 12.4. The van der Waals surface area contributed by atoms with Gasteiger partial charge in [-0.3, -0.25) is 4.79 Å². The first-order valence-electron chi connectivity index (χ1n) is 9.73. The predicted octanol–water partition coefficient (Wildman–Crippen LogP) is 4.46. The summed E-state index contributed by atoms with van der Waals surface area (Å²) < 4.78 is 1.23. The Hall–Kier alpha value is -2.21. The Kier molecular flexibility index (Phi) is 8.18. The number of phenols is 1. The number of nitrogens with two attached hydrogens (primary N) is 2. The summed E-state index contributed by atoms with van der Waals surface area (Å²) in [5.74, 6) is -0.209. The summed E-state index contributed by atoms with van der Waals surface area (Å²) in [6.07, 6.45) is 5.66. The summed E-state index contributed by atoms with van der Waals surface area (Å²) in [6.45, 7) is 5.20. The number of halogens is 1. The Morgan fingerprint density at radius 3 is 2.64 bits per heavy atom. The second-order valence-electron chi connectivity index (χ2n) is 7.18. The number of primary amides is 1. The van der Waals surface area contributed by atoms with Gasteiger partial charge in [-0.1, -0.05) is 29.3 Å². The van der Waals surface area contributed by atoms with Crippen LogP contribution in [-0.4, -0.2) is 17.6 Å². The van der Waals surface area contributed by atoms with Crippen molar-refractivity contribution in [2.75, 3.05) is 17.6 Å². The number of aromatic hydroxyl groups is 1. The van der Waals surface area contributed by atoms with E-state index in [0.29, 0.717) is 12.1 Å². The maximum atomic E-state index is 10.6. The van der Waals surface area contributed by atoms with Gasteiger partial charge in [0.25, 0.3) is 0 Å². The molecule has 0 saturated carbocycles. The van der Waals surface area contributed by atoms with Crippen LogP contribution in [0.15, 0.2) is 28.7 Å². The number of carbonyl (C=O) groups is 1. The molecule has 0 bridgehead atoms. The van der Waals surface area contributed by atoms with E-state index in [-0.39, 0.29) is 18.1 Å². The molecule has 152 valence electrons. The fourth-order valence-electron chi connectivity index (χ4n) is 3.52. The van der Waals surface area contributed by atoms with Crippen LogP contribution in [0.4, 0.5) is 11.4 Å². The van der Waals surface area contributed by atoms with E-state index in [4.69, 9.17) is 11.5 Å². The van der Waals surface area contributed by atoms with Crippen LogP contribution in [0.3, 0.4) is 0 Å². The zero-order valence-electron chi connectivity index (χ0n) is 16.6. The number of benzene rings is 2. The van der Waals surface area contributed by atoms with Gasteiger partial charge < -0.3 is 21.9 Å². The van der Waals surface area contributed by atoms with Crippen molar-refractivity contribution in [1.82, 2.24) is 0 Å². The summed E-state index contributed by atoms with van der Waals surface area (Å²) >= 11 is 3.58. The molecule has 0 aliphatic carbocycles. The number of rotatable bonds is 5. The zero-order chi connectivity index (χ0) is 20.7. The number of nitrogen functional groups attached to an aromatic ring is 1. The SMILES string of the molecule is CCCc1cc(Br)cc2c1NCCC2.Cc1cc(O)cc(N)c1CCC(N)=O. The van der Waals surface area contributed by atoms with Crippen molar-refractivity contribution in [2.45, 2.75) is 52.4 Å². The first-order valence-corrected chi connectivity index (χ1v) is 10.5. The molecule has 28 heavy (non-hydrogen) atoms. The molecule has 0 spiro atoms. The molecule has 1 amide bonds. The Morgan fingerprint density at radius 1 is 1.25 bits per heavy atom. The van der Waals surface area contributed by atoms with Crippen molar-refractivity contribution in [1.29, 1.82) is 0 Å². The highest BCUT2D eigenvalue weighted by atomic mass is 79.9. The number of amides is 1. The topological polar surface area (TPSA) is 101 Å². The molecule has 1 aliphatic heterocycles. The molecular formula is C22H30BrN3O2. The molecule has 0 saturated heterocycles. The monoisotopic (exact) mass is 447 g/mol. The van der Waals surface area contributed by atoms with Crippen molar-refractivity contribution in [3.05, 3.63) is 51.0 Å². The molecule has 2 aromatic carbocycles. The van der Waals surface area contributed by atoms with Gasteiger partial charge >= 0.3 is 0 Å². The maximum Gasteiger partial charge on any atom is 0.217 e. The molecule has 0 unspecified atom stereocenters. The lowest BCUT2D eigenvalue weighted by Gasteiger charge is -2.21. The van der Waals surface area contributed by atoms with E-state index in [2.05, 4.69) is 40.3 Å². The molecular weight excluding hydrogens is 418 g/mol. The highest BCUT2D eigenvalue weighted by molar-refractivity contribution is 9.10. The molecule has 6 N–H and O–H groups in total. The highest BCUT2D eigenvalue weighted by Gasteiger charge is 2.13. The van der Waals surface area contributed by atoms with Gasteiger partial charge in [-0.25, -0.2) is 0 Å². The molecule has 0 aromatic heterocycles. The van der Waals surface area contributed by atoms with E-state index in [1.807, 2.05) is 6.92 Å². The van der Waals surface area contributed by atoms with Crippen LogP contribution < -0.4 is 16.8 Å². The van der Waals surface area contributed by atoms with Crippen LogP contribution in [0.2, 0.25) is 0 Å². The molecule has 2 aromatic rings. The quantitative estimate of drug-likeness (QED) is 0.508. The van der Waals surface area contributed by atoms with Crippen LogP contribution in [0.5, 0.6) is 5.75 Å². The second-order valence-corrected chi connectivity index (χ2v) is 8.09. The number of fused-ring (bicyclic) bond motifs is 1. The smallest absolute Gasteiger partial charge is 0.217 e. The van der Waals surface area contributed by atoms with E-state index < -0.39 is 0 Å². The molecule has 1 aliphatic rings. The fraction of sp³-hybridized carbons (Fsp3) is 0.409. The Labute approximate surface area is 175 Å². The number of nitrogens with one attached hydrogen (secondary N) is 1. The molecule has 5 nitrogen and oxygen atoms in total. The van der Waals surface area contributed by atoms with Gasteiger partial charge in [0.05, 0.1) is 0 Å². The molecule has 3 rings (SSSR count). The van der Waals surface area contributed by atoms with Crippen molar-refractivity contribution < 1.29 is 9.90 Å². The van der Waals surface area contributed by atoms with Crippen molar-refractivity contribution in [3.63, 3.8) is 0 Å². The van der Waals surface area contributed by atoms with Crippen LogP contribution in [0.1, 0.15) is 48.4 Å². The minimum Gasteiger partial charge on any atom is -0.508 e. The summed E-state index contributed by atoms with van der Waals surface area (Å²) in [6, 6.07) is 7.59. The van der Waals surface area contributed by atoms with Crippen molar-refractivity contribution in [3.8, 4) is 5.75 Å². The third-order valence-electron chi connectivity index (χ3n) is 4.82. The number of aryl methyl sites for hydroxylation is 3. The number of hydrogen-bond donors (Lipinski definition) is 4. The van der Waals surface area contributed by atoms with Gasteiger partial charge in [0.1, 0.15) is 5.75 Å². The lowest BCUT2D eigenvalue weighted by molar-refractivity contribution is -0.117. The first kappa shape index (κ1) is 22.1. The Bertz CT molecular complexity index is 814. The minimum absolute atomic E-state index is 0.142. The average molecular weight is 448 g/mol. The zero-order valence-corrected chi connectivity index (χ0v) is 18.2. The van der Waals surface area contributed by atoms with Gasteiger partial charge in [0.2, 0.25) is 5.91 Å². The van der Waals surface area contributed by atoms with Crippen LogP contribution in [0.25, 0.3) is 0 Å². The van der Waals surface area contributed by atoms with E-state index in [0.717, 1.165) is 17.7 Å². The summed E-state index contributed by atoms with van der Waals surface area (Å²) in [5, 5.41) is 12.7. The molecule has 0 atom stereocenters. The average Bonchev–Trinajstić information content (AvgIpc) is 2.61. The number of carbonyl (C=O) groups excluding carboxylic acids is 1. The van der Waals surface area contributed by atoms with E-state index >= 15 is 0 Å². The molecule has 6 heteroatoms. The van der Waals surface area contributed by atoms with E-state index in [9.17, 15) is 9.90 Å². The second kappa shape index (κ2) is 10.4. The third kappa shape index (κ3) is 6.16. The standard InChI is InChI=1S/C12H16BrN.C10H14N2O2/c1-2-4-9-7-11(13)8-10-5-3-6-14-12(9)10;1-6-4-7(13)5-9(11)8(6)2-3-10(12)14/h7-8,14H,2-6H2,1H3;4-5,13H,2-3,11H2,1H3,(H2,12,14). The van der Waals surface area contributed by atoms with Crippen LogP contribution >= 0.6 is 15.9 Å². The Morgan fingerprint density at radius 2 is 2.00 bits per heavy atom. The highest BCUT2D eigenvalue weighted by Crippen LogP contribution is 2.30. The number of anilines is 2. The van der Waals surface area contributed by atoms with Gasteiger partial charge in [0, 0.05) is 34.9 Å². The van der Waals surface area contributed by atoms with Crippen LogP contribution in [-0.2, 0) is 24.1 Å². The van der Waals surface area contributed by atoms with Gasteiger partial charge in [-0.15, -0.1) is 0 Å². The predicted molar refractivity (Wildman–Crippen MR) is 120 cm³/mol. The third-order valence-corrected chi connectivity index (χ3v) is 5.28. The number of phenolic OH excluding ortho intramolecular Hbond substituents is 1. The summed E-state index contributed by atoms with van der Waals surface area (Å²) in [7, 11) is 0.